The average Bonchev–Trinajstić information content (AvgIpc) is 3.15. The van der Waals surface area contributed by atoms with Crippen LogP contribution in [0.5, 0.6) is 5.75 Å². The fraction of sp³-hybridized carbons (Fsp3) is 0.240. The maximum atomic E-state index is 13.1. The number of rotatable bonds is 5. The van der Waals surface area contributed by atoms with Crippen LogP contribution in [-0.2, 0) is 6.42 Å². The van der Waals surface area contributed by atoms with E-state index in [4.69, 9.17) is 32.4 Å². The Bertz CT molecular complexity index is 1310. The van der Waals surface area contributed by atoms with Gasteiger partial charge in [0.2, 0.25) is 0 Å². The number of ether oxygens (including phenoxy) is 1. The number of hydrazone groups is 1. The number of methoxy groups -OCH3 is 1. The molecule has 0 saturated heterocycles. The lowest BCUT2D eigenvalue weighted by molar-refractivity contribution is 0.0953. The number of carbonyl (C=O) groups is 2. The van der Waals surface area contributed by atoms with Crippen molar-refractivity contribution in [1.82, 2.24) is 5.43 Å². The number of amides is 2. The van der Waals surface area contributed by atoms with Crippen molar-refractivity contribution in [2.24, 2.45) is 5.10 Å². The van der Waals surface area contributed by atoms with E-state index in [0.717, 1.165) is 17.5 Å². The van der Waals surface area contributed by atoms with E-state index in [1.54, 1.807) is 19.2 Å². The average molecular weight is 500 g/mol. The Labute approximate surface area is 207 Å². The second-order valence-electron chi connectivity index (χ2n) is 7.99. The molecule has 2 aromatic carbocycles. The topological polar surface area (TPSA) is 92.9 Å². The zero-order chi connectivity index (χ0) is 24.4. The fourth-order valence-electron chi connectivity index (χ4n) is 3.95. The van der Waals surface area contributed by atoms with Crippen LogP contribution in [0.4, 0.5) is 5.69 Å². The van der Waals surface area contributed by atoms with Crippen molar-refractivity contribution in [3.8, 4) is 5.75 Å². The molecule has 176 valence electrons. The van der Waals surface area contributed by atoms with Gasteiger partial charge in [0.15, 0.2) is 5.76 Å². The van der Waals surface area contributed by atoms with Crippen molar-refractivity contribution in [2.45, 2.75) is 33.1 Å². The summed E-state index contributed by atoms with van der Waals surface area (Å²) in [7, 11) is 1.55. The number of nitrogens with zero attached hydrogens (tertiary/aromatic N) is 1. The Morgan fingerprint density at radius 2 is 1.85 bits per heavy atom. The standard InChI is InChI=1S/C25H23Cl2N3O4/c1-13-7-10-20(33-3)19(11-13)28-25(32)23-14(2)22-18(5-4-6-21(22)34-23)29-30-24(31)16-9-8-15(26)12-17(16)27/h7-12H,4-6H2,1-3H3,(H,28,32)(H,30,31)/b29-18+. The first-order valence-electron chi connectivity index (χ1n) is 10.7. The highest BCUT2D eigenvalue weighted by Crippen LogP contribution is 2.32. The normalized spacial score (nSPS) is 14.0. The molecule has 1 aliphatic rings. The van der Waals surface area contributed by atoms with Crippen molar-refractivity contribution < 1.29 is 18.7 Å². The Morgan fingerprint density at radius 1 is 1.06 bits per heavy atom. The maximum absolute atomic E-state index is 13.1. The molecule has 0 fully saturated rings. The van der Waals surface area contributed by atoms with Gasteiger partial charge in [0.25, 0.3) is 11.8 Å². The first-order chi connectivity index (χ1) is 16.3. The summed E-state index contributed by atoms with van der Waals surface area (Å²) in [6, 6.07) is 10.2. The van der Waals surface area contributed by atoms with Gasteiger partial charge in [-0.25, -0.2) is 5.43 Å². The molecule has 3 aromatic rings. The van der Waals surface area contributed by atoms with Gasteiger partial charge < -0.3 is 14.5 Å². The number of furan rings is 1. The summed E-state index contributed by atoms with van der Waals surface area (Å²) in [5.41, 5.74) is 6.42. The second-order valence-corrected chi connectivity index (χ2v) is 8.83. The Morgan fingerprint density at radius 3 is 2.59 bits per heavy atom. The van der Waals surface area contributed by atoms with Crippen LogP contribution in [0.25, 0.3) is 0 Å². The number of hydrogen-bond donors (Lipinski definition) is 2. The molecule has 4 rings (SSSR count). The highest BCUT2D eigenvalue weighted by Gasteiger charge is 2.28. The minimum absolute atomic E-state index is 0.204. The van der Waals surface area contributed by atoms with E-state index in [-0.39, 0.29) is 22.3 Å². The molecular formula is C25H23Cl2N3O4. The van der Waals surface area contributed by atoms with Crippen LogP contribution in [-0.4, -0.2) is 24.6 Å². The molecule has 34 heavy (non-hydrogen) atoms. The maximum Gasteiger partial charge on any atom is 0.291 e. The van der Waals surface area contributed by atoms with E-state index in [2.05, 4.69) is 15.8 Å². The van der Waals surface area contributed by atoms with Gasteiger partial charge in [0.1, 0.15) is 11.5 Å². The van der Waals surface area contributed by atoms with Crippen molar-refractivity contribution in [2.75, 3.05) is 12.4 Å². The summed E-state index contributed by atoms with van der Waals surface area (Å²) < 4.78 is 11.3. The summed E-state index contributed by atoms with van der Waals surface area (Å²) in [6.07, 6.45) is 2.09. The Hall–Kier alpha value is -3.29. The van der Waals surface area contributed by atoms with E-state index < -0.39 is 5.91 Å². The van der Waals surface area contributed by atoms with Crippen LogP contribution in [0.1, 0.15) is 56.2 Å². The first-order valence-corrected chi connectivity index (χ1v) is 11.4. The van der Waals surface area contributed by atoms with Crippen molar-refractivity contribution in [1.29, 1.82) is 0 Å². The van der Waals surface area contributed by atoms with Gasteiger partial charge in [0, 0.05) is 22.6 Å². The molecule has 1 aliphatic carbocycles. The van der Waals surface area contributed by atoms with Crippen LogP contribution in [0.3, 0.4) is 0 Å². The smallest absolute Gasteiger partial charge is 0.291 e. The third-order valence-electron chi connectivity index (χ3n) is 5.60. The van der Waals surface area contributed by atoms with Gasteiger partial charge in [-0.3, -0.25) is 9.59 Å². The molecular weight excluding hydrogens is 477 g/mol. The highest BCUT2D eigenvalue weighted by molar-refractivity contribution is 6.36. The van der Waals surface area contributed by atoms with Crippen molar-refractivity contribution in [3.05, 3.63) is 80.2 Å². The molecule has 9 heteroatoms. The molecule has 0 bridgehead atoms. The van der Waals surface area contributed by atoms with Gasteiger partial charge in [-0.1, -0.05) is 29.3 Å². The number of carbonyl (C=O) groups excluding carboxylic acids is 2. The van der Waals surface area contributed by atoms with E-state index in [1.165, 1.54) is 12.1 Å². The molecule has 2 amide bonds. The largest absolute Gasteiger partial charge is 0.495 e. The van der Waals surface area contributed by atoms with Gasteiger partial charge in [-0.2, -0.15) is 5.10 Å². The summed E-state index contributed by atoms with van der Waals surface area (Å²) >= 11 is 12.0. The number of halogens is 2. The minimum atomic E-state index is -0.452. The zero-order valence-corrected chi connectivity index (χ0v) is 20.4. The lowest BCUT2D eigenvalue weighted by atomic mass is 9.93. The van der Waals surface area contributed by atoms with Crippen LogP contribution < -0.4 is 15.5 Å². The lowest BCUT2D eigenvalue weighted by Gasteiger charge is -2.13. The third-order valence-corrected chi connectivity index (χ3v) is 6.15. The Balaban J connectivity index is 1.59. The van der Waals surface area contributed by atoms with Gasteiger partial charge in [-0.15, -0.1) is 0 Å². The minimum Gasteiger partial charge on any atom is -0.495 e. The number of nitrogens with one attached hydrogen (secondary N) is 2. The monoisotopic (exact) mass is 499 g/mol. The fourth-order valence-corrected chi connectivity index (χ4v) is 4.44. The van der Waals surface area contributed by atoms with Gasteiger partial charge in [0.05, 0.1) is 29.1 Å². The summed E-state index contributed by atoms with van der Waals surface area (Å²) in [4.78, 5) is 25.6. The summed E-state index contributed by atoms with van der Waals surface area (Å²) in [5.74, 6) is 0.593. The summed E-state index contributed by atoms with van der Waals surface area (Å²) in [5, 5.41) is 7.88. The molecule has 0 aliphatic heterocycles. The van der Waals surface area contributed by atoms with Crippen LogP contribution in [0.2, 0.25) is 10.0 Å². The molecule has 1 heterocycles. The number of aryl methyl sites for hydroxylation is 2. The molecule has 0 atom stereocenters. The van der Waals surface area contributed by atoms with Crippen LogP contribution in [0, 0.1) is 13.8 Å². The summed E-state index contributed by atoms with van der Waals surface area (Å²) in [6.45, 7) is 3.74. The molecule has 0 unspecified atom stereocenters. The number of anilines is 1. The van der Waals surface area contributed by atoms with E-state index >= 15 is 0 Å². The molecule has 2 N–H and O–H groups in total. The predicted octanol–water partition coefficient (Wildman–Crippen LogP) is 5.93. The Kier molecular flexibility index (Phi) is 6.95. The SMILES string of the molecule is COc1ccc(C)cc1NC(=O)c1oc2c(c1C)/C(=N/NC(=O)c1ccc(Cl)cc1Cl)CCC2. The van der Waals surface area contributed by atoms with Crippen LogP contribution in [0.15, 0.2) is 45.9 Å². The predicted molar refractivity (Wildman–Crippen MR) is 133 cm³/mol. The molecule has 1 aromatic heterocycles. The molecule has 0 radical (unpaired) electrons. The van der Waals surface area contributed by atoms with Gasteiger partial charge in [-0.05, 0) is 62.6 Å². The second kappa shape index (κ2) is 9.91. The lowest BCUT2D eigenvalue weighted by Crippen LogP contribution is -2.22. The number of benzene rings is 2. The van der Waals surface area contributed by atoms with E-state index in [1.807, 2.05) is 26.0 Å². The van der Waals surface area contributed by atoms with Crippen molar-refractivity contribution in [3.63, 3.8) is 0 Å². The zero-order valence-electron chi connectivity index (χ0n) is 18.9. The van der Waals surface area contributed by atoms with Gasteiger partial charge >= 0.3 is 0 Å². The first kappa shape index (κ1) is 23.9. The highest BCUT2D eigenvalue weighted by atomic mass is 35.5. The van der Waals surface area contributed by atoms with E-state index in [0.29, 0.717) is 46.3 Å². The molecule has 7 nitrogen and oxygen atoms in total. The quantitative estimate of drug-likeness (QED) is 0.425. The number of fused-ring (bicyclic) bond motifs is 1. The number of hydrogen-bond acceptors (Lipinski definition) is 5. The van der Waals surface area contributed by atoms with E-state index in [9.17, 15) is 9.59 Å². The molecule has 0 saturated carbocycles. The molecule has 0 spiro atoms. The third kappa shape index (κ3) is 4.81. The van der Waals surface area contributed by atoms with Crippen molar-refractivity contribution >= 4 is 46.4 Å². The van der Waals surface area contributed by atoms with Crippen LogP contribution >= 0.6 is 23.2 Å².